The van der Waals surface area contributed by atoms with Crippen LogP contribution >= 0.6 is 0 Å². The number of nitrogen functional groups attached to an aromatic ring is 1. The molecule has 30 heavy (non-hydrogen) atoms. The Labute approximate surface area is 167 Å². The Morgan fingerprint density at radius 3 is 2.53 bits per heavy atom. The average molecular weight is 418 g/mol. The summed E-state index contributed by atoms with van der Waals surface area (Å²) in [6, 6.07) is 5.65. The number of ether oxygens (including phenoxy) is 1. The van der Waals surface area contributed by atoms with Crippen molar-refractivity contribution in [3.8, 4) is 0 Å². The Kier molecular flexibility index (Phi) is 4.95. The molecule has 1 aromatic carbocycles. The van der Waals surface area contributed by atoms with Gasteiger partial charge in [-0.15, -0.1) is 0 Å². The number of fused-ring (bicyclic) bond motifs is 1. The minimum absolute atomic E-state index is 0.0202. The number of nitrogens with two attached hydrogens (primary N) is 1. The van der Waals surface area contributed by atoms with Gasteiger partial charge in [-0.3, -0.25) is 24.0 Å². The van der Waals surface area contributed by atoms with E-state index < -0.39 is 41.6 Å². The Bertz CT molecular complexity index is 1160. The van der Waals surface area contributed by atoms with Crippen molar-refractivity contribution in [1.82, 2.24) is 19.1 Å². The number of nitrogens with zero attached hydrogens (tertiary/aromatic N) is 5. The van der Waals surface area contributed by atoms with Crippen LogP contribution in [0.5, 0.6) is 0 Å². The van der Waals surface area contributed by atoms with E-state index in [0.29, 0.717) is 5.56 Å². The first-order valence-electron chi connectivity index (χ1n) is 8.90. The maximum absolute atomic E-state index is 12.9. The molecule has 1 fully saturated rings. The lowest BCUT2D eigenvalue weighted by Gasteiger charge is -2.17. The molecule has 3 aromatic rings. The van der Waals surface area contributed by atoms with Crippen LogP contribution < -0.4 is 11.3 Å². The zero-order chi connectivity index (χ0) is 21.6. The van der Waals surface area contributed by atoms with E-state index in [4.69, 9.17) is 10.5 Å². The Balaban J connectivity index is 1.70. The van der Waals surface area contributed by atoms with Crippen molar-refractivity contribution >= 4 is 22.8 Å². The second-order valence-corrected chi connectivity index (χ2v) is 6.84. The van der Waals surface area contributed by atoms with Crippen LogP contribution in [0.1, 0.15) is 11.8 Å². The largest absolute Gasteiger partial charge is 0.394 e. The summed E-state index contributed by atoms with van der Waals surface area (Å²) in [5.41, 5.74) is 5.94. The number of rotatable bonds is 5. The lowest BCUT2D eigenvalue weighted by molar-refractivity contribution is -0.384. The summed E-state index contributed by atoms with van der Waals surface area (Å²) in [7, 11) is 0. The van der Waals surface area contributed by atoms with Crippen molar-refractivity contribution in [3.05, 3.63) is 56.6 Å². The van der Waals surface area contributed by atoms with Gasteiger partial charge in [0.2, 0.25) is 5.95 Å². The monoisotopic (exact) mass is 418 g/mol. The standard InChI is InChI=1S/C17H18N6O7/c18-17-20-14-11(19-7-22(14)16-13(26)12(25)10(6-24)30-16)15(27)21(17)5-8-1-3-9(4-2-8)23(28)29/h1-4,7,10,12-13,16,24-26H,5-6H2,(H2,18,20)/t10-,12-,13-,16-/m1/s1. The van der Waals surface area contributed by atoms with E-state index in [9.17, 15) is 30.2 Å². The quantitative estimate of drug-likeness (QED) is 0.287. The van der Waals surface area contributed by atoms with Gasteiger partial charge in [-0.2, -0.15) is 4.98 Å². The van der Waals surface area contributed by atoms with Crippen LogP contribution in [0.25, 0.3) is 11.2 Å². The van der Waals surface area contributed by atoms with Crippen LogP contribution in [0, 0.1) is 10.1 Å². The second-order valence-electron chi connectivity index (χ2n) is 6.84. The second kappa shape index (κ2) is 7.46. The number of benzene rings is 1. The molecule has 0 amide bonds. The third-order valence-corrected chi connectivity index (χ3v) is 4.99. The molecule has 0 spiro atoms. The Hall–Kier alpha value is -3.39. The minimum Gasteiger partial charge on any atom is -0.394 e. The SMILES string of the molecule is Nc1nc2c(ncn2[C@@H]2O[C@H](CO)[C@@H](O)[C@H]2O)c(=O)n1Cc1ccc([N+](=O)[O-])cc1. The van der Waals surface area contributed by atoms with Crippen molar-refractivity contribution in [2.75, 3.05) is 12.3 Å². The molecule has 4 atom stereocenters. The summed E-state index contributed by atoms with van der Waals surface area (Å²) >= 11 is 0. The fourth-order valence-electron chi connectivity index (χ4n) is 3.37. The van der Waals surface area contributed by atoms with E-state index >= 15 is 0 Å². The number of nitro groups is 1. The molecule has 1 aliphatic heterocycles. The van der Waals surface area contributed by atoms with E-state index in [-0.39, 0.29) is 29.3 Å². The summed E-state index contributed by atoms with van der Waals surface area (Å²) in [5, 5.41) is 40.2. The molecule has 3 heterocycles. The zero-order valence-electron chi connectivity index (χ0n) is 15.4. The number of hydrogen-bond donors (Lipinski definition) is 4. The highest BCUT2D eigenvalue weighted by Gasteiger charge is 2.44. The topological polar surface area (TPSA) is 192 Å². The predicted molar refractivity (Wildman–Crippen MR) is 101 cm³/mol. The van der Waals surface area contributed by atoms with Crippen molar-refractivity contribution < 1.29 is 25.0 Å². The van der Waals surface area contributed by atoms with Crippen LogP contribution in [0.3, 0.4) is 0 Å². The fourth-order valence-corrected chi connectivity index (χ4v) is 3.37. The van der Waals surface area contributed by atoms with Gasteiger partial charge in [-0.25, -0.2) is 4.98 Å². The van der Waals surface area contributed by atoms with Crippen LogP contribution in [0.2, 0.25) is 0 Å². The van der Waals surface area contributed by atoms with E-state index in [1.54, 1.807) is 0 Å². The fraction of sp³-hybridized carbons (Fsp3) is 0.353. The number of anilines is 1. The third-order valence-electron chi connectivity index (χ3n) is 4.99. The van der Waals surface area contributed by atoms with Gasteiger partial charge in [0.15, 0.2) is 17.4 Å². The number of hydrogen-bond acceptors (Lipinski definition) is 10. The molecule has 13 heteroatoms. The number of aromatic nitrogens is 4. The lowest BCUT2D eigenvalue weighted by atomic mass is 10.1. The smallest absolute Gasteiger partial charge is 0.283 e. The lowest BCUT2D eigenvalue weighted by Crippen LogP contribution is -2.33. The molecule has 158 valence electrons. The number of nitro benzene ring substituents is 1. The van der Waals surface area contributed by atoms with Gasteiger partial charge in [0.1, 0.15) is 18.3 Å². The number of aliphatic hydroxyl groups excluding tert-OH is 3. The zero-order valence-corrected chi connectivity index (χ0v) is 15.4. The average Bonchev–Trinajstić information content (AvgIpc) is 3.26. The normalized spacial score (nSPS) is 23.8. The molecule has 4 rings (SSSR count). The van der Waals surface area contributed by atoms with E-state index in [1.807, 2.05) is 0 Å². The van der Waals surface area contributed by atoms with Crippen LogP contribution in [-0.2, 0) is 11.3 Å². The van der Waals surface area contributed by atoms with Gasteiger partial charge < -0.3 is 25.8 Å². The first-order valence-corrected chi connectivity index (χ1v) is 8.90. The highest BCUT2D eigenvalue weighted by Crippen LogP contribution is 2.31. The molecule has 0 bridgehead atoms. The minimum atomic E-state index is -1.37. The number of non-ortho nitro benzene ring substituents is 1. The van der Waals surface area contributed by atoms with Gasteiger partial charge >= 0.3 is 0 Å². The van der Waals surface area contributed by atoms with Crippen LogP contribution in [0.15, 0.2) is 35.4 Å². The first-order chi connectivity index (χ1) is 14.3. The third kappa shape index (κ3) is 3.19. The molecule has 5 N–H and O–H groups in total. The molecule has 0 radical (unpaired) electrons. The number of aliphatic hydroxyl groups is 3. The van der Waals surface area contributed by atoms with Crippen molar-refractivity contribution in [1.29, 1.82) is 0 Å². The van der Waals surface area contributed by atoms with Crippen molar-refractivity contribution in [2.24, 2.45) is 0 Å². The van der Waals surface area contributed by atoms with Crippen molar-refractivity contribution in [3.63, 3.8) is 0 Å². The molecule has 0 aliphatic carbocycles. The summed E-state index contributed by atoms with van der Waals surface area (Å²) in [4.78, 5) is 31.4. The predicted octanol–water partition coefficient (Wildman–Crippen LogP) is -1.26. The molecular formula is C17H18N6O7. The molecule has 2 aromatic heterocycles. The molecular weight excluding hydrogens is 400 g/mol. The summed E-state index contributed by atoms with van der Waals surface area (Å²) in [5.74, 6) is -0.139. The van der Waals surface area contributed by atoms with E-state index in [2.05, 4.69) is 9.97 Å². The highest BCUT2D eigenvalue weighted by molar-refractivity contribution is 5.71. The maximum atomic E-state index is 12.9. The number of imidazole rings is 1. The van der Waals surface area contributed by atoms with Crippen LogP contribution in [0.4, 0.5) is 11.6 Å². The molecule has 0 saturated carbocycles. The maximum Gasteiger partial charge on any atom is 0.283 e. The van der Waals surface area contributed by atoms with Gasteiger partial charge in [-0.1, -0.05) is 12.1 Å². The molecule has 13 nitrogen and oxygen atoms in total. The summed E-state index contributed by atoms with van der Waals surface area (Å²) in [6.07, 6.45) is -3.57. The summed E-state index contributed by atoms with van der Waals surface area (Å²) < 4.78 is 7.89. The molecule has 1 saturated heterocycles. The Morgan fingerprint density at radius 2 is 1.93 bits per heavy atom. The van der Waals surface area contributed by atoms with E-state index in [1.165, 1.54) is 35.2 Å². The molecule has 0 unspecified atom stereocenters. The van der Waals surface area contributed by atoms with Gasteiger partial charge in [0.25, 0.3) is 11.2 Å². The molecule has 1 aliphatic rings. The highest BCUT2D eigenvalue weighted by atomic mass is 16.6. The Morgan fingerprint density at radius 1 is 1.23 bits per heavy atom. The van der Waals surface area contributed by atoms with Gasteiger partial charge in [0, 0.05) is 12.1 Å². The van der Waals surface area contributed by atoms with Crippen molar-refractivity contribution in [2.45, 2.75) is 31.1 Å². The van der Waals surface area contributed by atoms with Gasteiger partial charge in [0.05, 0.1) is 24.4 Å². The van der Waals surface area contributed by atoms with E-state index in [0.717, 1.165) is 4.57 Å². The van der Waals surface area contributed by atoms with Gasteiger partial charge in [-0.05, 0) is 5.56 Å². The first kappa shape index (κ1) is 19.9. The summed E-state index contributed by atoms with van der Waals surface area (Å²) in [6.45, 7) is -0.481. The van der Waals surface area contributed by atoms with Crippen LogP contribution in [-0.4, -0.2) is 64.3 Å².